The maximum atomic E-state index is 11.9. The van der Waals surface area contributed by atoms with Crippen LogP contribution in [0.1, 0.15) is 18.4 Å². The fourth-order valence-corrected chi connectivity index (χ4v) is 1.98. The fourth-order valence-electron chi connectivity index (χ4n) is 1.53. The van der Waals surface area contributed by atoms with E-state index in [-0.39, 0.29) is 11.5 Å². The lowest BCUT2D eigenvalue weighted by Gasteiger charge is -2.12. The molecule has 0 saturated heterocycles. The summed E-state index contributed by atoms with van der Waals surface area (Å²) >= 11 is 3.24. The average Bonchev–Trinajstić information content (AvgIpc) is 2.32. The van der Waals surface area contributed by atoms with Gasteiger partial charge in [0.05, 0.1) is 10.2 Å². The highest BCUT2D eigenvalue weighted by Crippen LogP contribution is 2.17. The number of hydrogen-bond donors (Lipinski definition) is 1. The summed E-state index contributed by atoms with van der Waals surface area (Å²) < 4.78 is 2.02. The molecule has 0 spiro atoms. The predicted molar refractivity (Wildman–Crippen MR) is 75.5 cm³/mol. The molecule has 0 aliphatic heterocycles. The van der Waals surface area contributed by atoms with E-state index in [1.54, 1.807) is 32.1 Å². The summed E-state index contributed by atoms with van der Waals surface area (Å²) in [4.78, 5) is 24.9. The molecule has 0 aliphatic rings. The van der Waals surface area contributed by atoms with E-state index in [1.807, 2.05) is 0 Å². The number of nitrogen functional groups attached to an aromatic ring is 1. The minimum Gasteiger partial charge on any atom is -0.397 e. The summed E-state index contributed by atoms with van der Waals surface area (Å²) in [6.45, 7) is 2.28. The molecule has 5 nitrogen and oxygen atoms in total. The van der Waals surface area contributed by atoms with Crippen molar-refractivity contribution in [2.45, 2.75) is 26.3 Å². The van der Waals surface area contributed by atoms with Gasteiger partial charge in [0.2, 0.25) is 5.91 Å². The Kier molecular flexibility index (Phi) is 4.95. The maximum absolute atomic E-state index is 11.9. The third kappa shape index (κ3) is 3.35. The molecule has 0 radical (unpaired) electrons. The van der Waals surface area contributed by atoms with Crippen molar-refractivity contribution in [3.63, 3.8) is 0 Å². The summed E-state index contributed by atoms with van der Waals surface area (Å²) in [6.07, 6.45) is 2.67. The van der Waals surface area contributed by atoms with Gasteiger partial charge in [0.25, 0.3) is 5.56 Å². The first-order valence-corrected chi connectivity index (χ1v) is 6.49. The number of pyridine rings is 1. The van der Waals surface area contributed by atoms with Gasteiger partial charge in [-0.3, -0.25) is 9.59 Å². The molecule has 18 heavy (non-hydrogen) atoms. The van der Waals surface area contributed by atoms with Crippen LogP contribution in [0.5, 0.6) is 0 Å². The second-order valence-electron chi connectivity index (χ2n) is 4.41. The van der Waals surface area contributed by atoms with Crippen LogP contribution in [0.2, 0.25) is 0 Å². The van der Waals surface area contributed by atoms with E-state index in [2.05, 4.69) is 15.9 Å². The van der Waals surface area contributed by atoms with Gasteiger partial charge in [-0.2, -0.15) is 0 Å². The monoisotopic (exact) mass is 315 g/mol. The Hall–Kier alpha value is -1.30. The number of carbonyl (C=O) groups excluding carboxylic acids is 1. The van der Waals surface area contributed by atoms with E-state index in [4.69, 9.17) is 5.73 Å². The van der Waals surface area contributed by atoms with E-state index in [0.717, 1.165) is 5.56 Å². The molecule has 2 N–H and O–H groups in total. The van der Waals surface area contributed by atoms with Crippen LogP contribution in [0.15, 0.2) is 15.5 Å². The van der Waals surface area contributed by atoms with Gasteiger partial charge in [-0.25, -0.2) is 0 Å². The minimum atomic E-state index is -0.112. The van der Waals surface area contributed by atoms with Crippen LogP contribution in [0, 0.1) is 6.92 Å². The number of nitrogens with two attached hydrogens (primary N) is 1. The quantitative estimate of drug-likeness (QED) is 0.912. The van der Waals surface area contributed by atoms with Crippen LogP contribution in [-0.2, 0) is 11.3 Å². The van der Waals surface area contributed by atoms with Gasteiger partial charge in [0.15, 0.2) is 0 Å². The van der Waals surface area contributed by atoms with Gasteiger partial charge < -0.3 is 15.2 Å². The number of halogens is 1. The van der Waals surface area contributed by atoms with E-state index in [9.17, 15) is 9.59 Å². The van der Waals surface area contributed by atoms with Gasteiger partial charge in [0.1, 0.15) is 0 Å². The highest BCUT2D eigenvalue weighted by atomic mass is 79.9. The van der Waals surface area contributed by atoms with Crippen molar-refractivity contribution in [2.24, 2.45) is 0 Å². The normalized spacial score (nSPS) is 10.4. The Balaban J connectivity index is 2.75. The second-order valence-corrected chi connectivity index (χ2v) is 5.21. The predicted octanol–water partition coefficient (Wildman–Crippen LogP) is 1.37. The highest BCUT2D eigenvalue weighted by Gasteiger charge is 2.09. The van der Waals surface area contributed by atoms with Crippen LogP contribution < -0.4 is 11.3 Å². The number of carbonyl (C=O) groups is 1. The molecule has 1 amide bonds. The molecule has 0 fully saturated rings. The lowest BCUT2D eigenvalue weighted by molar-refractivity contribution is -0.128. The standard InChI is InChI=1S/C12H18BrN3O2/c1-8-9(14)7-16(12(18)11(8)13)6-4-5-10(17)15(2)3/h7H,4-6,14H2,1-3H3. The molecule has 0 unspecified atom stereocenters. The number of rotatable bonds is 4. The lowest BCUT2D eigenvalue weighted by atomic mass is 10.2. The molecule has 0 atom stereocenters. The summed E-state index contributed by atoms with van der Waals surface area (Å²) in [6, 6.07) is 0. The molecular weight excluding hydrogens is 298 g/mol. The number of aromatic nitrogens is 1. The van der Waals surface area contributed by atoms with Crippen LogP contribution in [0.4, 0.5) is 5.69 Å². The highest BCUT2D eigenvalue weighted by molar-refractivity contribution is 9.10. The smallest absolute Gasteiger partial charge is 0.265 e. The molecule has 1 heterocycles. The molecule has 0 saturated carbocycles. The van der Waals surface area contributed by atoms with Crippen molar-refractivity contribution < 1.29 is 4.79 Å². The topological polar surface area (TPSA) is 68.3 Å². The van der Waals surface area contributed by atoms with Crippen LogP contribution >= 0.6 is 15.9 Å². The Morgan fingerprint density at radius 1 is 1.50 bits per heavy atom. The number of hydrogen-bond acceptors (Lipinski definition) is 3. The zero-order valence-corrected chi connectivity index (χ0v) is 12.5. The third-order valence-corrected chi connectivity index (χ3v) is 3.73. The molecule has 1 aromatic heterocycles. The maximum Gasteiger partial charge on any atom is 0.265 e. The number of anilines is 1. The van der Waals surface area contributed by atoms with Crippen molar-refractivity contribution >= 4 is 27.5 Å². The Labute approximate surface area is 115 Å². The summed E-state index contributed by atoms with van der Waals surface area (Å²) in [5.41, 5.74) is 7.01. The SMILES string of the molecule is Cc1c(N)cn(CCCC(=O)N(C)C)c(=O)c1Br. The van der Waals surface area contributed by atoms with E-state index < -0.39 is 0 Å². The van der Waals surface area contributed by atoms with Crippen molar-refractivity contribution in [1.29, 1.82) is 0 Å². The summed E-state index contributed by atoms with van der Waals surface area (Å²) in [5, 5.41) is 0. The first kappa shape index (κ1) is 14.8. The van der Waals surface area contributed by atoms with E-state index >= 15 is 0 Å². The zero-order chi connectivity index (χ0) is 13.9. The van der Waals surface area contributed by atoms with Crippen LogP contribution in [0.3, 0.4) is 0 Å². The van der Waals surface area contributed by atoms with Crippen molar-refractivity contribution in [3.05, 3.63) is 26.6 Å². The summed E-state index contributed by atoms with van der Waals surface area (Å²) in [7, 11) is 3.43. The van der Waals surface area contributed by atoms with Crippen molar-refractivity contribution in [1.82, 2.24) is 9.47 Å². The number of aryl methyl sites for hydroxylation is 1. The molecule has 0 aliphatic carbocycles. The first-order chi connectivity index (χ1) is 8.34. The zero-order valence-electron chi connectivity index (χ0n) is 10.9. The largest absolute Gasteiger partial charge is 0.397 e. The van der Waals surface area contributed by atoms with Crippen molar-refractivity contribution in [2.75, 3.05) is 19.8 Å². The van der Waals surface area contributed by atoms with Crippen molar-refractivity contribution in [3.8, 4) is 0 Å². The molecule has 1 rings (SSSR count). The van der Waals surface area contributed by atoms with Gasteiger partial charge in [0, 0.05) is 33.3 Å². The Morgan fingerprint density at radius 3 is 2.67 bits per heavy atom. The van der Waals surface area contributed by atoms with Crippen LogP contribution in [0.25, 0.3) is 0 Å². The van der Waals surface area contributed by atoms with E-state index in [0.29, 0.717) is 29.5 Å². The Morgan fingerprint density at radius 2 is 2.11 bits per heavy atom. The van der Waals surface area contributed by atoms with Gasteiger partial charge in [-0.05, 0) is 34.8 Å². The average molecular weight is 316 g/mol. The van der Waals surface area contributed by atoms with Gasteiger partial charge in [-0.1, -0.05) is 0 Å². The molecule has 0 aromatic carbocycles. The van der Waals surface area contributed by atoms with Crippen LogP contribution in [-0.4, -0.2) is 29.5 Å². The summed E-state index contributed by atoms with van der Waals surface area (Å²) in [5.74, 6) is 0.0576. The number of amides is 1. The van der Waals surface area contributed by atoms with Gasteiger partial charge in [-0.15, -0.1) is 0 Å². The molecule has 1 aromatic rings. The first-order valence-electron chi connectivity index (χ1n) is 5.69. The third-order valence-electron chi connectivity index (χ3n) is 2.79. The fraction of sp³-hybridized carbons (Fsp3) is 0.500. The van der Waals surface area contributed by atoms with E-state index in [1.165, 1.54) is 4.57 Å². The minimum absolute atomic E-state index is 0.0576. The second kappa shape index (κ2) is 6.04. The number of nitrogens with zero attached hydrogens (tertiary/aromatic N) is 2. The lowest BCUT2D eigenvalue weighted by Crippen LogP contribution is -2.25. The molecule has 0 bridgehead atoms. The Bertz CT molecular complexity index is 509. The molecular formula is C12H18BrN3O2. The molecule has 100 valence electrons. The molecule has 6 heteroatoms. The van der Waals surface area contributed by atoms with Gasteiger partial charge >= 0.3 is 0 Å².